The predicted molar refractivity (Wildman–Crippen MR) is 31.8 cm³/mol. The van der Waals surface area contributed by atoms with Crippen LogP contribution in [0.15, 0.2) is 6.20 Å². The summed E-state index contributed by atoms with van der Waals surface area (Å²) in [4.78, 5) is 10.4. The number of carbonyl (C=O) groups is 1. The van der Waals surface area contributed by atoms with E-state index in [0.717, 1.165) is 5.56 Å². The predicted octanol–water partition coefficient (Wildman–Crippen LogP) is -0.183. The maximum atomic E-state index is 10.4. The number of rotatable bonds is 1. The lowest BCUT2D eigenvalue weighted by Crippen LogP contribution is -2.12. The van der Waals surface area contributed by atoms with Crippen LogP contribution in [0.2, 0.25) is 0 Å². The Bertz CT molecular complexity index is 228. The number of amides is 1. The van der Waals surface area contributed by atoms with Gasteiger partial charge in [-0.05, 0) is 12.5 Å². The van der Waals surface area contributed by atoms with Gasteiger partial charge in [0.25, 0.3) is 5.91 Å². The van der Waals surface area contributed by atoms with E-state index in [-0.39, 0.29) is 0 Å². The van der Waals surface area contributed by atoms with E-state index in [1.165, 1.54) is 0 Å². The maximum absolute atomic E-state index is 10.4. The molecule has 0 spiro atoms. The van der Waals surface area contributed by atoms with Crippen molar-refractivity contribution in [2.75, 3.05) is 0 Å². The first-order valence-corrected chi connectivity index (χ1v) is 2.52. The summed E-state index contributed by atoms with van der Waals surface area (Å²) in [6.07, 6.45) is 1.63. The van der Waals surface area contributed by atoms with Crippen LogP contribution in [0.25, 0.3) is 0 Å². The summed E-state index contributed by atoms with van der Waals surface area (Å²) < 4.78 is 0. The number of aromatic nitrogens is 2. The first-order chi connectivity index (χ1) is 4.22. The van der Waals surface area contributed by atoms with Crippen molar-refractivity contribution in [3.05, 3.63) is 17.5 Å². The molecule has 0 radical (unpaired) electrons. The number of aryl methyl sites for hydroxylation is 1. The van der Waals surface area contributed by atoms with Crippen LogP contribution in [0.5, 0.6) is 0 Å². The van der Waals surface area contributed by atoms with Gasteiger partial charge in [0, 0.05) is 6.20 Å². The second kappa shape index (κ2) is 1.89. The number of hydrogen-bond acceptors (Lipinski definition) is 2. The lowest BCUT2D eigenvalue weighted by molar-refractivity contribution is 0.0995. The quantitative estimate of drug-likeness (QED) is 0.546. The fourth-order valence-corrected chi connectivity index (χ4v) is 0.600. The molecule has 0 aliphatic rings. The van der Waals surface area contributed by atoms with Crippen LogP contribution in [-0.4, -0.2) is 16.1 Å². The summed E-state index contributed by atoms with van der Waals surface area (Å²) in [5, 5.41) is 6.14. The van der Waals surface area contributed by atoms with E-state index in [1.807, 2.05) is 0 Å². The molecule has 1 amide bonds. The number of primary amides is 1. The normalized spacial score (nSPS) is 9.44. The van der Waals surface area contributed by atoms with Crippen molar-refractivity contribution in [2.24, 2.45) is 5.73 Å². The third kappa shape index (κ3) is 0.910. The summed E-state index contributed by atoms with van der Waals surface area (Å²) in [6.45, 7) is 1.77. The van der Waals surface area contributed by atoms with Crippen LogP contribution in [-0.2, 0) is 0 Å². The van der Waals surface area contributed by atoms with Gasteiger partial charge in [-0.1, -0.05) is 0 Å². The molecule has 1 heterocycles. The Morgan fingerprint density at radius 1 is 1.89 bits per heavy atom. The maximum Gasteiger partial charge on any atom is 0.269 e. The van der Waals surface area contributed by atoms with Crippen LogP contribution in [0.1, 0.15) is 16.1 Å². The molecule has 1 aromatic rings. The van der Waals surface area contributed by atoms with Gasteiger partial charge in [0.2, 0.25) is 0 Å². The molecule has 1 aromatic heterocycles. The molecule has 0 bridgehead atoms. The van der Waals surface area contributed by atoms with Gasteiger partial charge in [-0.2, -0.15) is 5.10 Å². The van der Waals surface area contributed by atoms with Gasteiger partial charge in [-0.3, -0.25) is 9.89 Å². The Kier molecular flexibility index (Phi) is 1.22. The number of nitrogens with two attached hydrogens (primary N) is 1. The molecule has 0 unspecified atom stereocenters. The Labute approximate surface area is 52.1 Å². The van der Waals surface area contributed by atoms with E-state index in [2.05, 4.69) is 10.2 Å². The van der Waals surface area contributed by atoms with Crippen molar-refractivity contribution in [3.63, 3.8) is 0 Å². The molecule has 0 saturated carbocycles. The third-order valence-electron chi connectivity index (χ3n) is 1.06. The molecule has 0 atom stereocenters. The van der Waals surface area contributed by atoms with Gasteiger partial charge in [-0.25, -0.2) is 0 Å². The zero-order valence-corrected chi connectivity index (χ0v) is 5.01. The molecule has 0 fully saturated rings. The van der Waals surface area contributed by atoms with E-state index in [9.17, 15) is 4.79 Å². The van der Waals surface area contributed by atoms with Gasteiger partial charge in [0.05, 0.1) is 0 Å². The molecule has 4 heteroatoms. The summed E-state index contributed by atoms with van der Waals surface area (Å²) in [5.41, 5.74) is 6.03. The smallest absolute Gasteiger partial charge is 0.269 e. The molecule has 48 valence electrons. The average Bonchev–Trinajstić information content (AvgIpc) is 2.13. The number of nitrogens with zero attached hydrogens (tertiary/aromatic N) is 1. The highest BCUT2D eigenvalue weighted by atomic mass is 16.1. The minimum Gasteiger partial charge on any atom is -0.364 e. The Morgan fingerprint density at radius 2 is 2.56 bits per heavy atom. The number of H-pyrrole nitrogens is 1. The van der Waals surface area contributed by atoms with Gasteiger partial charge < -0.3 is 5.73 Å². The lowest BCUT2D eigenvalue weighted by Gasteiger charge is -1.85. The summed E-state index contributed by atoms with van der Waals surface area (Å²) in [7, 11) is 0. The second-order valence-corrected chi connectivity index (χ2v) is 1.78. The van der Waals surface area contributed by atoms with Crippen LogP contribution in [0.4, 0.5) is 0 Å². The van der Waals surface area contributed by atoms with Gasteiger partial charge in [0.1, 0.15) is 0 Å². The summed E-state index contributed by atoms with van der Waals surface area (Å²) in [6, 6.07) is 0. The van der Waals surface area contributed by atoms with Gasteiger partial charge >= 0.3 is 0 Å². The Morgan fingerprint density at radius 3 is 2.78 bits per heavy atom. The summed E-state index contributed by atoms with van der Waals surface area (Å²) >= 11 is 0. The molecule has 4 nitrogen and oxygen atoms in total. The molecule has 1 rings (SSSR count). The van der Waals surface area contributed by atoms with Gasteiger partial charge in [-0.15, -0.1) is 0 Å². The number of carbonyl (C=O) groups excluding carboxylic acids is 1. The minimum absolute atomic E-state index is 0.315. The molecule has 0 saturated heterocycles. The van der Waals surface area contributed by atoms with Gasteiger partial charge in [0.15, 0.2) is 5.69 Å². The third-order valence-corrected chi connectivity index (χ3v) is 1.06. The highest BCUT2D eigenvalue weighted by molar-refractivity contribution is 5.91. The van der Waals surface area contributed by atoms with E-state index >= 15 is 0 Å². The Balaban J connectivity index is 3.08. The highest BCUT2D eigenvalue weighted by Crippen LogP contribution is 1.98. The SMILES string of the molecule is Cc1c[nH]nc1C(N)=O. The largest absolute Gasteiger partial charge is 0.364 e. The van der Waals surface area contributed by atoms with Crippen LogP contribution >= 0.6 is 0 Å². The van der Waals surface area contributed by atoms with E-state index in [1.54, 1.807) is 13.1 Å². The number of aromatic amines is 1. The number of hydrogen-bond donors (Lipinski definition) is 2. The van der Waals surface area contributed by atoms with E-state index in [4.69, 9.17) is 5.73 Å². The zero-order chi connectivity index (χ0) is 6.85. The van der Waals surface area contributed by atoms with Crippen molar-refractivity contribution >= 4 is 5.91 Å². The fourth-order valence-electron chi connectivity index (χ4n) is 0.600. The zero-order valence-electron chi connectivity index (χ0n) is 5.01. The Hall–Kier alpha value is -1.32. The van der Waals surface area contributed by atoms with E-state index < -0.39 is 5.91 Å². The molecular weight excluding hydrogens is 118 g/mol. The minimum atomic E-state index is -0.492. The molecule has 3 N–H and O–H groups in total. The topological polar surface area (TPSA) is 71.8 Å². The average molecular weight is 125 g/mol. The van der Waals surface area contributed by atoms with Crippen LogP contribution in [0, 0.1) is 6.92 Å². The monoisotopic (exact) mass is 125 g/mol. The van der Waals surface area contributed by atoms with Crippen LogP contribution < -0.4 is 5.73 Å². The second-order valence-electron chi connectivity index (χ2n) is 1.78. The lowest BCUT2D eigenvalue weighted by atomic mass is 10.3. The van der Waals surface area contributed by atoms with Crippen LogP contribution in [0.3, 0.4) is 0 Å². The fraction of sp³-hybridized carbons (Fsp3) is 0.200. The molecular formula is C5H7N3O. The van der Waals surface area contributed by atoms with Crippen molar-refractivity contribution in [1.82, 2.24) is 10.2 Å². The van der Waals surface area contributed by atoms with Crippen molar-refractivity contribution < 1.29 is 4.79 Å². The number of nitrogens with one attached hydrogen (secondary N) is 1. The highest BCUT2D eigenvalue weighted by Gasteiger charge is 2.05. The first kappa shape index (κ1) is 5.81. The molecule has 0 aliphatic carbocycles. The standard InChI is InChI=1S/C5H7N3O/c1-3-2-7-8-4(3)5(6)9/h2H,1H3,(H2,6,9)(H,7,8). The summed E-state index contributed by atoms with van der Waals surface area (Å²) in [5.74, 6) is -0.492. The molecule has 9 heavy (non-hydrogen) atoms. The first-order valence-electron chi connectivity index (χ1n) is 2.52. The molecule has 0 aliphatic heterocycles. The molecule has 0 aromatic carbocycles. The van der Waals surface area contributed by atoms with Crippen molar-refractivity contribution in [2.45, 2.75) is 6.92 Å². The van der Waals surface area contributed by atoms with Crippen molar-refractivity contribution in [3.8, 4) is 0 Å². The van der Waals surface area contributed by atoms with E-state index in [0.29, 0.717) is 5.69 Å². The van der Waals surface area contributed by atoms with Crippen molar-refractivity contribution in [1.29, 1.82) is 0 Å².